The molecule has 3 heteroatoms. The van der Waals surface area contributed by atoms with E-state index in [9.17, 15) is 0 Å². The van der Waals surface area contributed by atoms with Gasteiger partial charge in [0, 0.05) is 39.3 Å². The second-order valence-corrected chi connectivity index (χ2v) is 7.67. The van der Waals surface area contributed by atoms with Gasteiger partial charge in [-0.15, -0.1) is 0 Å². The van der Waals surface area contributed by atoms with Gasteiger partial charge >= 0.3 is 0 Å². The van der Waals surface area contributed by atoms with Gasteiger partial charge in [0.2, 0.25) is 0 Å². The molecule has 0 aromatic heterocycles. The van der Waals surface area contributed by atoms with E-state index in [2.05, 4.69) is 73.5 Å². The summed E-state index contributed by atoms with van der Waals surface area (Å²) in [6.07, 6.45) is 0. The minimum absolute atomic E-state index is 0.350. The quantitative estimate of drug-likeness (QED) is 0.833. The largest absolute Gasteiger partial charge is 0.300 e. The molecule has 2 nitrogen and oxygen atoms in total. The van der Waals surface area contributed by atoms with Crippen LogP contribution in [-0.2, 0) is 6.54 Å². The van der Waals surface area contributed by atoms with Crippen LogP contribution in [0.15, 0.2) is 30.3 Å². The molecule has 2 rings (SSSR count). The molecule has 0 spiro atoms. The molecule has 0 aliphatic carbocycles. The maximum Gasteiger partial charge on any atom is 0.0234 e. The Kier molecular flexibility index (Phi) is 6.15. The Morgan fingerprint density at radius 1 is 1.00 bits per heavy atom. The fourth-order valence-corrected chi connectivity index (χ4v) is 3.55. The summed E-state index contributed by atoms with van der Waals surface area (Å²) in [6.45, 7) is 14.0. The summed E-state index contributed by atoms with van der Waals surface area (Å²) in [4.78, 5) is 5.19. The van der Waals surface area contributed by atoms with Gasteiger partial charge < -0.3 is 4.90 Å². The zero-order chi connectivity index (χ0) is 15.3. The molecule has 1 heterocycles. The van der Waals surface area contributed by atoms with E-state index in [0.717, 1.165) is 12.3 Å². The average molecular weight is 307 g/mol. The van der Waals surface area contributed by atoms with E-state index in [1.807, 2.05) is 0 Å². The van der Waals surface area contributed by atoms with Crippen molar-refractivity contribution in [2.45, 2.75) is 27.3 Å². The molecule has 0 radical (unpaired) electrons. The smallest absolute Gasteiger partial charge is 0.0234 e. The molecule has 1 aliphatic rings. The third kappa shape index (κ3) is 5.32. The normalized spacial score (nSPS) is 19.6. The number of thiol groups is 1. The summed E-state index contributed by atoms with van der Waals surface area (Å²) in [5.41, 5.74) is 1.78. The highest BCUT2D eigenvalue weighted by atomic mass is 32.1. The van der Waals surface area contributed by atoms with Gasteiger partial charge in [-0.2, -0.15) is 12.6 Å². The fraction of sp³-hybridized carbons (Fsp3) is 0.667. The molecule has 1 fully saturated rings. The second kappa shape index (κ2) is 7.66. The molecule has 1 aromatic rings. The number of benzene rings is 1. The summed E-state index contributed by atoms with van der Waals surface area (Å²) < 4.78 is 0. The van der Waals surface area contributed by atoms with Crippen LogP contribution < -0.4 is 0 Å². The molecule has 118 valence electrons. The van der Waals surface area contributed by atoms with E-state index in [1.54, 1.807) is 0 Å². The highest BCUT2D eigenvalue weighted by Gasteiger charge is 2.27. The summed E-state index contributed by atoms with van der Waals surface area (Å²) in [6, 6.07) is 10.8. The molecule has 0 N–H and O–H groups in total. The Bertz CT molecular complexity index is 405. The highest BCUT2D eigenvalue weighted by Crippen LogP contribution is 2.28. The molecule has 21 heavy (non-hydrogen) atoms. The number of hydrogen-bond donors (Lipinski definition) is 1. The Labute approximate surface area is 135 Å². The zero-order valence-corrected chi connectivity index (χ0v) is 14.6. The van der Waals surface area contributed by atoms with Crippen molar-refractivity contribution < 1.29 is 0 Å². The molecule has 1 aromatic carbocycles. The van der Waals surface area contributed by atoms with Crippen molar-refractivity contribution in [3.05, 3.63) is 35.9 Å². The van der Waals surface area contributed by atoms with Crippen LogP contribution >= 0.6 is 12.6 Å². The van der Waals surface area contributed by atoms with E-state index in [1.165, 1.54) is 38.3 Å². The monoisotopic (exact) mass is 306 g/mol. The van der Waals surface area contributed by atoms with Crippen molar-refractivity contribution in [3.8, 4) is 0 Å². The third-order valence-corrected chi connectivity index (χ3v) is 5.08. The van der Waals surface area contributed by atoms with Crippen molar-refractivity contribution in [2.75, 3.05) is 38.5 Å². The predicted octanol–water partition coefficient (Wildman–Crippen LogP) is 3.40. The van der Waals surface area contributed by atoms with Crippen LogP contribution in [0.2, 0.25) is 0 Å². The molecular weight excluding hydrogens is 276 g/mol. The molecule has 1 aliphatic heterocycles. The van der Waals surface area contributed by atoms with E-state index >= 15 is 0 Å². The average Bonchev–Trinajstić information content (AvgIpc) is 2.46. The molecule has 1 atom stereocenters. The van der Waals surface area contributed by atoms with Gasteiger partial charge in [0.25, 0.3) is 0 Å². The van der Waals surface area contributed by atoms with Gasteiger partial charge in [-0.25, -0.2) is 0 Å². The van der Waals surface area contributed by atoms with Gasteiger partial charge in [0.1, 0.15) is 0 Å². The van der Waals surface area contributed by atoms with E-state index in [4.69, 9.17) is 0 Å². The van der Waals surface area contributed by atoms with Gasteiger partial charge in [0.05, 0.1) is 0 Å². The minimum Gasteiger partial charge on any atom is -0.300 e. The van der Waals surface area contributed by atoms with Gasteiger partial charge in [-0.05, 0) is 22.6 Å². The summed E-state index contributed by atoms with van der Waals surface area (Å²) >= 11 is 4.56. The Morgan fingerprint density at radius 2 is 1.57 bits per heavy atom. The van der Waals surface area contributed by atoms with Gasteiger partial charge in [0.15, 0.2) is 0 Å². The summed E-state index contributed by atoms with van der Waals surface area (Å²) in [5.74, 6) is 1.65. The van der Waals surface area contributed by atoms with Crippen LogP contribution in [0.25, 0.3) is 0 Å². The van der Waals surface area contributed by atoms with Crippen molar-refractivity contribution in [2.24, 2.45) is 11.3 Å². The Hall–Kier alpha value is -0.510. The lowest BCUT2D eigenvalue weighted by Crippen LogP contribution is -2.48. The fourth-order valence-electron chi connectivity index (χ4n) is 2.89. The first kappa shape index (κ1) is 16.9. The first-order valence-corrected chi connectivity index (χ1v) is 8.72. The Balaban J connectivity index is 1.78. The van der Waals surface area contributed by atoms with E-state index in [0.29, 0.717) is 11.3 Å². The first-order valence-electron chi connectivity index (χ1n) is 8.08. The topological polar surface area (TPSA) is 6.48 Å². The lowest BCUT2D eigenvalue weighted by Gasteiger charge is -2.39. The molecular formula is C18H30N2S. The minimum atomic E-state index is 0.350. The maximum absolute atomic E-state index is 4.56. The molecule has 0 saturated carbocycles. The SMILES string of the molecule is CC(C)(C)C(CS)CN1CCN(Cc2ccccc2)CC1. The molecule has 1 unspecified atom stereocenters. The molecule has 0 amide bonds. The Morgan fingerprint density at radius 3 is 2.10 bits per heavy atom. The van der Waals surface area contributed by atoms with E-state index in [-0.39, 0.29) is 0 Å². The van der Waals surface area contributed by atoms with Crippen LogP contribution in [0.5, 0.6) is 0 Å². The predicted molar refractivity (Wildman–Crippen MR) is 95.0 cm³/mol. The highest BCUT2D eigenvalue weighted by molar-refractivity contribution is 7.80. The third-order valence-electron chi connectivity index (χ3n) is 4.64. The van der Waals surface area contributed by atoms with Crippen LogP contribution in [0, 0.1) is 11.3 Å². The molecule has 1 saturated heterocycles. The number of piperazine rings is 1. The summed E-state index contributed by atoms with van der Waals surface area (Å²) in [5, 5.41) is 0. The maximum atomic E-state index is 4.56. The zero-order valence-electron chi connectivity index (χ0n) is 13.8. The first-order chi connectivity index (χ1) is 9.99. The molecule has 0 bridgehead atoms. The van der Waals surface area contributed by atoms with Gasteiger partial charge in [-0.1, -0.05) is 51.1 Å². The van der Waals surface area contributed by atoms with Crippen molar-refractivity contribution in [1.29, 1.82) is 0 Å². The lowest BCUT2D eigenvalue weighted by atomic mass is 9.81. The number of rotatable bonds is 5. The van der Waals surface area contributed by atoms with Crippen molar-refractivity contribution >= 4 is 12.6 Å². The van der Waals surface area contributed by atoms with E-state index < -0.39 is 0 Å². The van der Waals surface area contributed by atoms with Crippen molar-refractivity contribution in [1.82, 2.24) is 9.80 Å². The number of hydrogen-bond acceptors (Lipinski definition) is 3. The van der Waals surface area contributed by atoms with Crippen LogP contribution in [0.3, 0.4) is 0 Å². The van der Waals surface area contributed by atoms with Gasteiger partial charge in [-0.3, -0.25) is 4.90 Å². The number of nitrogens with zero attached hydrogens (tertiary/aromatic N) is 2. The van der Waals surface area contributed by atoms with Crippen LogP contribution in [0.1, 0.15) is 26.3 Å². The van der Waals surface area contributed by atoms with Crippen molar-refractivity contribution in [3.63, 3.8) is 0 Å². The lowest BCUT2D eigenvalue weighted by molar-refractivity contribution is 0.0936. The summed E-state index contributed by atoms with van der Waals surface area (Å²) in [7, 11) is 0. The van der Waals surface area contributed by atoms with Crippen LogP contribution in [-0.4, -0.2) is 48.3 Å². The van der Waals surface area contributed by atoms with Crippen LogP contribution in [0.4, 0.5) is 0 Å². The second-order valence-electron chi connectivity index (χ2n) is 7.31. The standard InChI is InChI=1S/C18H30N2S/c1-18(2,3)17(15-21)14-20-11-9-19(10-12-20)13-16-7-5-4-6-8-16/h4-8,17,21H,9-15H2,1-3H3.